The third-order valence-electron chi connectivity index (χ3n) is 9.58. The predicted molar refractivity (Wildman–Crippen MR) is 291 cm³/mol. The van der Waals surface area contributed by atoms with Crippen molar-refractivity contribution in [2.75, 3.05) is 5.73 Å². The van der Waals surface area contributed by atoms with Crippen molar-refractivity contribution in [3.8, 4) is 5.75 Å². The maximum absolute atomic E-state index is 12.1. The summed E-state index contributed by atoms with van der Waals surface area (Å²) >= 11 is 30.9. The number of hydrogen-bond acceptors (Lipinski definition) is 16. The minimum Gasteiger partial charge on any atom is -0.399 e. The molecule has 13 nitrogen and oxygen atoms in total. The fraction of sp³-hybridized carbons (Fsp3) is 0.152. The predicted octanol–water partition coefficient (Wildman–Crippen LogP) is 17.0. The van der Waals surface area contributed by atoms with Gasteiger partial charge in [0.05, 0.1) is 55.6 Å². The highest BCUT2D eigenvalue weighted by atomic mass is 35.5. The third kappa shape index (κ3) is 14.4. The van der Waals surface area contributed by atoms with Gasteiger partial charge in [0.2, 0.25) is 0 Å². The van der Waals surface area contributed by atoms with Crippen LogP contribution in [0.15, 0.2) is 109 Å². The van der Waals surface area contributed by atoms with E-state index in [-0.39, 0.29) is 11.3 Å². The van der Waals surface area contributed by atoms with Crippen LogP contribution in [0.2, 0.25) is 15.1 Å². The van der Waals surface area contributed by atoms with Crippen LogP contribution in [-0.4, -0.2) is 38.7 Å². The lowest BCUT2D eigenvalue weighted by Crippen LogP contribution is -2.28. The van der Waals surface area contributed by atoms with Crippen LogP contribution in [0.25, 0.3) is 30.6 Å². The number of halogens is 6. The molecule has 0 amide bonds. The summed E-state index contributed by atoms with van der Waals surface area (Å²) in [5.41, 5.74) is 8.82. The van der Waals surface area contributed by atoms with Crippen LogP contribution in [0.4, 0.5) is 30.2 Å². The van der Waals surface area contributed by atoms with E-state index in [1.165, 1.54) is 50.0 Å². The lowest BCUT2D eigenvalue weighted by molar-refractivity contribution is -0.385. The van der Waals surface area contributed by atoms with E-state index in [9.17, 15) is 41.8 Å². The van der Waals surface area contributed by atoms with Gasteiger partial charge in [-0.05, 0) is 130 Å². The average Bonchev–Trinajstić information content (AvgIpc) is 3.99. The number of benzene rings is 6. The van der Waals surface area contributed by atoms with Gasteiger partial charge in [0.25, 0.3) is 11.4 Å². The van der Waals surface area contributed by atoms with Crippen molar-refractivity contribution in [3.63, 3.8) is 0 Å². The number of fused-ring (bicyclic) bond motifs is 3. The van der Waals surface area contributed by atoms with Gasteiger partial charge >= 0.3 is 15.6 Å². The summed E-state index contributed by atoms with van der Waals surface area (Å²) in [4.78, 5) is 34.3. The van der Waals surface area contributed by atoms with Crippen LogP contribution < -0.4 is 9.92 Å². The zero-order chi connectivity index (χ0) is 53.0. The molecule has 26 heteroatoms. The Hall–Kier alpha value is -5.08. The molecule has 0 atom stereocenters. The Bertz CT molecular complexity index is 3650. The van der Waals surface area contributed by atoms with Crippen LogP contribution in [0.3, 0.4) is 0 Å². The Kier molecular flexibility index (Phi) is 18.3. The number of nitro benzene ring substituents is 2. The highest BCUT2D eigenvalue weighted by molar-refractivity contribution is 8.01. The van der Waals surface area contributed by atoms with Gasteiger partial charge < -0.3 is 14.9 Å². The molecule has 72 heavy (non-hydrogen) atoms. The van der Waals surface area contributed by atoms with E-state index in [2.05, 4.69) is 81.5 Å². The Balaban J connectivity index is 0.000000160. The Morgan fingerprint density at radius 2 is 1.10 bits per heavy atom. The second-order valence-corrected chi connectivity index (χ2v) is 24.5. The normalized spacial score (nSPS) is 11.3. The molecule has 9 aromatic rings. The standard InChI is InChI=1S/C15H11ClN2O2S2.C15H13ClN2S2.C8H5ClF3NO5S.C8H7NS2/c1-8-3-4-13-12(5-8)17-15(21-13)22-14-9(2)6-10(18(19)20)7-11(14)16;1-8-3-4-13-12(5-8)18-15(19-13)20-14-9(2)6-10(17)7-11(14)16;1-4-2-5(13(14)15)3-6(9)7(4)18-19(16,17)8(10,11)12;1-5-2-3-7-6(4-5)9-8(10)11-7/h3-7H,1-2H3;3-7H,17H2,1-2H3;2-3H,1H3;2-4H,1H3,(H,9,10). The molecule has 0 unspecified atom stereocenters. The highest BCUT2D eigenvalue weighted by Gasteiger charge is 2.49. The lowest BCUT2D eigenvalue weighted by Gasteiger charge is -2.12. The van der Waals surface area contributed by atoms with Crippen molar-refractivity contribution in [2.45, 2.75) is 65.5 Å². The average molecular weight is 1170 g/mol. The molecule has 0 spiro atoms. The summed E-state index contributed by atoms with van der Waals surface area (Å²) in [5, 5.41) is 21.8. The molecule has 3 N–H and O–H groups in total. The number of nitrogens with zero attached hydrogens (tertiary/aromatic N) is 4. The second-order valence-electron chi connectivity index (χ2n) is 15.4. The number of anilines is 1. The molecule has 0 aliphatic rings. The van der Waals surface area contributed by atoms with E-state index >= 15 is 0 Å². The van der Waals surface area contributed by atoms with Crippen LogP contribution in [0.1, 0.15) is 33.4 Å². The lowest BCUT2D eigenvalue weighted by atomic mass is 10.2. The van der Waals surface area contributed by atoms with Crippen molar-refractivity contribution in [3.05, 3.63) is 164 Å². The molecular formula is C46H36Cl3F3N6O7S7. The summed E-state index contributed by atoms with van der Waals surface area (Å²) in [5.74, 6) is -0.801. The quantitative estimate of drug-likeness (QED) is 0.0364. The molecule has 9 rings (SSSR count). The van der Waals surface area contributed by atoms with Crippen LogP contribution in [0, 0.1) is 65.7 Å². The number of rotatable bonds is 8. The topological polar surface area (TPSA) is 197 Å². The molecule has 0 saturated carbocycles. The Morgan fingerprint density at radius 1 is 0.653 bits per heavy atom. The van der Waals surface area contributed by atoms with Crippen molar-refractivity contribution < 1.29 is 35.6 Å². The van der Waals surface area contributed by atoms with Gasteiger partial charge in [-0.1, -0.05) is 76.5 Å². The van der Waals surface area contributed by atoms with E-state index in [1.807, 2.05) is 32.9 Å². The number of H-pyrrole nitrogens is 1. The van der Waals surface area contributed by atoms with E-state index in [0.717, 1.165) is 67.8 Å². The second kappa shape index (κ2) is 23.4. The fourth-order valence-electron chi connectivity index (χ4n) is 6.28. The van der Waals surface area contributed by atoms with Crippen molar-refractivity contribution in [1.29, 1.82) is 0 Å². The summed E-state index contributed by atoms with van der Waals surface area (Å²) in [6.45, 7) is 11.1. The molecule has 0 saturated heterocycles. The molecular weight excluding hydrogens is 1140 g/mol. The molecule has 376 valence electrons. The number of nitro groups is 2. The van der Waals surface area contributed by atoms with Gasteiger partial charge in [-0.3, -0.25) is 20.2 Å². The van der Waals surface area contributed by atoms with Crippen molar-refractivity contribution in [1.82, 2.24) is 15.0 Å². The van der Waals surface area contributed by atoms with Gasteiger partial charge in [-0.15, -0.1) is 34.0 Å². The number of alkyl halides is 3. The molecule has 0 bridgehead atoms. The first-order valence-corrected chi connectivity index (χ1v) is 27.4. The van der Waals surface area contributed by atoms with E-state index in [1.54, 1.807) is 51.8 Å². The molecule has 0 radical (unpaired) electrons. The molecule has 0 aliphatic heterocycles. The number of aromatic nitrogens is 3. The molecule has 6 aromatic carbocycles. The number of thiazole rings is 3. The molecule has 0 fully saturated rings. The SMILES string of the molecule is Cc1cc([N+](=O)[O-])cc(Cl)c1OS(=O)(=O)C(F)(F)F.Cc1ccc2sc(=S)[nH]c2c1.Cc1ccc2sc(Sc3c(C)cc(N)cc3Cl)nc2c1.Cc1ccc2sc(Sc3c(C)cc([N+](=O)[O-])cc3Cl)nc2c1. The van der Waals surface area contributed by atoms with Crippen molar-refractivity contribution in [2.24, 2.45) is 0 Å². The summed E-state index contributed by atoms with van der Waals surface area (Å²) in [7, 11) is -5.88. The van der Waals surface area contributed by atoms with Gasteiger partial charge in [0.15, 0.2) is 18.4 Å². The zero-order valence-electron chi connectivity index (χ0n) is 38.0. The Morgan fingerprint density at radius 3 is 1.56 bits per heavy atom. The third-order valence-corrected chi connectivity index (χ3v) is 17.5. The van der Waals surface area contributed by atoms with E-state index in [0.29, 0.717) is 21.8 Å². The first-order chi connectivity index (χ1) is 33.7. The number of nitrogen functional groups attached to an aromatic ring is 1. The first kappa shape index (κ1) is 56.2. The number of aryl methyl sites for hydroxylation is 6. The smallest absolute Gasteiger partial charge is 0.399 e. The first-order valence-electron chi connectivity index (χ1n) is 20.3. The van der Waals surface area contributed by atoms with Gasteiger partial charge in [-0.2, -0.15) is 21.6 Å². The van der Waals surface area contributed by atoms with Crippen LogP contribution in [-0.2, 0) is 10.1 Å². The maximum atomic E-state index is 12.1. The number of nitrogens with one attached hydrogen (secondary N) is 1. The maximum Gasteiger partial charge on any atom is 0.534 e. The van der Waals surface area contributed by atoms with Gasteiger partial charge in [0, 0.05) is 45.3 Å². The van der Waals surface area contributed by atoms with Crippen molar-refractivity contribution >= 4 is 162 Å². The molecule has 3 heterocycles. The summed E-state index contributed by atoms with van der Waals surface area (Å²) in [6.07, 6.45) is 0. The minimum atomic E-state index is -5.88. The molecule has 3 aromatic heterocycles. The largest absolute Gasteiger partial charge is 0.534 e. The minimum absolute atomic E-state index is 0.00627. The van der Waals surface area contributed by atoms with Gasteiger partial charge in [-0.25, -0.2) is 9.97 Å². The van der Waals surface area contributed by atoms with Crippen LogP contribution in [0.5, 0.6) is 5.75 Å². The van der Waals surface area contributed by atoms with Crippen LogP contribution >= 0.6 is 105 Å². The number of non-ortho nitro benzene ring substituents is 2. The van der Waals surface area contributed by atoms with E-state index in [4.69, 9.17) is 52.8 Å². The zero-order valence-corrected chi connectivity index (χ0v) is 46.0. The molecule has 0 aliphatic carbocycles. The Labute approximate surface area is 450 Å². The van der Waals surface area contributed by atoms with Gasteiger partial charge in [0.1, 0.15) is 0 Å². The monoisotopic (exact) mass is 1170 g/mol. The fourth-order valence-corrected chi connectivity index (χ4v) is 13.1. The number of hydrogen-bond donors (Lipinski definition) is 2. The van der Waals surface area contributed by atoms with E-state index < -0.39 is 41.9 Å². The summed E-state index contributed by atoms with van der Waals surface area (Å²) in [6, 6.07) is 27.0. The number of aromatic amines is 1. The highest BCUT2D eigenvalue weighted by Crippen LogP contribution is 2.43. The number of nitrogens with two attached hydrogens (primary N) is 1. The summed E-state index contributed by atoms with van der Waals surface area (Å²) < 4.78 is 68.1.